The minimum absolute atomic E-state index is 0.540. The van der Waals surface area contributed by atoms with Crippen LogP contribution < -0.4 is 5.73 Å². The molecule has 18 heavy (non-hydrogen) atoms. The minimum atomic E-state index is 0.540. The van der Waals surface area contributed by atoms with Gasteiger partial charge >= 0.3 is 0 Å². The fourth-order valence-electron chi connectivity index (χ4n) is 2.86. The van der Waals surface area contributed by atoms with Crippen LogP contribution in [0, 0.1) is 5.92 Å². The van der Waals surface area contributed by atoms with Gasteiger partial charge in [-0.05, 0) is 37.4 Å². The summed E-state index contributed by atoms with van der Waals surface area (Å²) in [5.74, 6) is 0.824. The maximum atomic E-state index is 5.91. The van der Waals surface area contributed by atoms with Crippen molar-refractivity contribution in [2.45, 2.75) is 25.4 Å². The number of rotatable bonds is 5. The van der Waals surface area contributed by atoms with E-state index in [0.717, 1.165) is 19.0 Å². The first-order valence-electron chi connectivity index (χ1n) is 6.75. The average molecular weight is 243 g/mol. The zero-order chi connectivity index (χ0) is 12.5. The van der Waals surface area contributed by atoms with Crippen LogP contribution in [0.4, 0.5) is 0 Å². The molecule has 0 bridgehead atoms. The fraction of sp³-hybridized carbons (Fsp3) is 0.467. The number of fused-ring (bicyclic) bond motifs is 1. The molecule has 1 aliphatic rings. The summed E-state index contributed by atoms with van der Waals surface area (Å²) >= 11 is 0. The van der Waals surface area contributed by atoms with Crippen LogP contribution in [0.3, 0.4) is 0 Å². The molecule has 0 saturated heterocycles. The predicted octanol–water partition coefficient (Wildman–Crippen LogP) is 2.34. The van der Waals surface area contributed by atoms with Gasteiger partial charge in [-0.2, -0.15) is 0 Å². The Morgan fingerprint density at radius 1 is 1.39 bits per heavy atom. The maximum absolute atomic E-state index is 5.91. The summed E-state index contributed by atoms with van der Waals surface area (Å²) in [7, 11) is 2.19. The highest BCUT2D eigenvalue weighted by molar-refractivity contribution is 5.82. The van der Waals surface area contributed by atoms with Gasteiger partial charge in [-0.15, -0.1) is 0 Å². The van der Waals surface area contributed by atoms with Gasteiger partial charge in [0.05, 0.1) is 0 Å². The second-order valence-corrected chi connectivity index (χ2v) is 5.42. The molecule has 1 fully saturated rings. The van der Waals surface area contributed by atoms with Crippen molar-refractivity contribution in [1.29, 1.82) is 0 Å². The molecular formula is C15H21N3. The predicted molar refractivity (Wildman–Crippen MR) is 75.3 cm³/mol. The lowest BCUT2D eigenvalue weighted by Crippen LogP contribution is -2.39. The van der Waals surface area contributed by atoms with Gasteiger partial charge < -0.3 is 10.7 Å². The molecule has 3 N–H and O–H groups in total. The number of aromatic nitrogens is 1. The smallest absolute Gasteiger partial charge is 0.0457 e. The molecule has 1 aliphatic carbocycles. The van der Waals surface area contributed by atoms with E-state index in [2.05, 4.69) is 47.4 Å². The number of nitrogens with one attached hydrogen (secondary N) is 1. The number of nitrogens with two attached hydrogens (primary N) is 1. The summed E-state index contributed by atoms with van der Waals surface area (Å²) in [6, 6.07) is 9.02. The van der Waals surface area contributed by atoms with Crippen molar-refractivity contribution in [2.24, 2.45) is 11.7 Å². The third-order valence-electron chi connectivity index (χ3n) is 4.07. The van der Waals surface area contributed by atoms with Gasteiger partial charge in [0.1, 0.15) is 0 Å². The monoisotopic (exact) mass is 243 g/mol. The van der Waals surface area contributed by atoms with Crippen molar-refractivity contribution >= 4 is 10.9 Å². The Labute approximate surface area is 108 Å². The largest absolute Gasteiger partial charge is 0.361 e. The molecule has 3 rings (SSSR count). The third kappa shape index (κ3) is 2.16. The molecule has 2 aromatic rings. The summed E-state index contributed by atoms with van der Waals surface area (Å²) < 4.78 is 0. The topological polar surface area (TPSA) is 45.0 Å². The number of likely N-dealkylation sites (N-methyl/N-ethyl adjacent to an activating group) is 1. The lowest BCUT2D eigenvalue weighted by molar-refractivity contribution is 0.216. The molecular weight excluding hydrogens is 222 g/mol. The van der Waals surface area contributed by atoms with Crippen LogP contribution in [0.25, 0.3) is 10.9 Å². The first-order valence-corrected chi connectivity index (χ1v) is 6.75. The first-order chi connectivity index (χ1) is 8.79. The van der Waals surface area contributed by atoms with Crippen LogP contribution in [0.5, 0.6) is 0 Å². The fourth-order valence-corrected chi connectivity index (χ4v) is 2.86. The van der Waals surface area contributed by atoms with Gasteiger partial charge in [0.15, 0.2) is 0 Å². The normalized spacial score (nSPS) is 17.5. The molecule has 1 heterocycles. The maximum Gasteiger partial charge on any atom is 0.0457 e. The quantitative estimate of drug-likeness (QED) is 0.846. The van der Waals surface area contributed by atoms with Gasteiger partial charge in [0.25, 0.3) is 0 Å². The highest BCUT2D eigenvalue weighted by Crippen LogP contribution is 2.35. The SMILES string of the molecule is CN(Cc1c[nH]c2ccccc12)C(CN)C1CC1. The Balaban J connectivity index is 1.79. The number of benzene rings is 1. The van der Waals surface area contributed by atoms with Crippen molar-refractivity contribution in [3.63, 3.8) is 0 Å². The summed E-state index contributed by atoms with van der Waals surface area (Å²) in [5.41, 5.74) is 8.49. The molecule has 1 atom stereocenters. The van der Waals surface area contributed by atoms with Crippen LogP contribution in [-0.2, 0) is 6.54 Å². The van der Waals surface area contributed by atoms with Crippen molar-refractivity contribution < 1.29 is 0 Å². The van der Waals surface area contributed by atoms with E-state index in [1.807, 2.05) is 0 Å². The van der Waals surface area contributed by atoms with Crippen molar-refractivity contribution in [2.75, 3.05) is 13.6 Å². The number of hydrogen-bond donors (Lipinski definition) is 2. The Bertz CT molecular complexity index is 527. The Morgan fingerprint density at radius 2 is 2.17 bits per heavy atom. The summed E-state index contributed by atoms with van der Waals surface area (Å²) in [6.07, 6.45) is 4.82. The van der Waals surface area contributed by atoms with Crippen molar-refractivity contribution in [1.82, 2.24) is 9.88 Å². The molecule has 1 saturated carbocycles. The highest BCUT2D eigenvalue weighted by atomic mass is 15.1. The molecule has 1 unspecified atom stereocenters. The zero-order valence-corrected chi connectivity index (χ0v) is 10.9. The van der Waals surface area contributed by atoms with Gasteiger partial charge in [0.2, 0.25) is 0 Å². The number of aromatic amines is 1. The van der Waals surface area contributed by atoms with Crippen LogP contribution in [0.1, 0.15) is 18.4 Å². The lowest BCUT2D eigenvalue weighted by atomic mass is 10.1. The van der Waals surface area contributed by atoms with E-state index in [4.69, 9.17) is 5.73 Å². The number of para-hydroxylation sites is 1. The number of H-pyrrole nitrogens is 1. The Morgan fingerprint density at radius 3 is 2.89 bits per heavy atom. The van der Waals surface area contributed by atoms with Gasteiger partial charge in [0, 0.05) is 36.2 Å². The number of nitrogens with zero attached hydrogens (tertiary/aromatic N) is 1. The summed E-state index contributed by atoms with van der Waals surface area (Å²) in [4.78, 5) is 5.75. The van der Waals surface area contributed by atoms with Crippen LogP contribution in [0.2, 0.25) is 0 Å². The lowest BCUT2D eigenvalue weighted by Gasteiger charge is -2.26. The van der Waals surface area contributed by atoms with Crippen LogP contribution >= 0.6 is 0 Å². The van der Waals surface area contributed by atoms with E-state index in [1.165, 1.54) is 29.3 Å². The summed E-state index contributed by atoms with van der Waals surface area (Å²) in [5, 5.41) is 1.33. The van der Waals surface area contributed by atoms with Crippen LogP contribution in [0.15, 0.2) is 30.5 Å². The van der Waals surface area contributed by atoms with E-state index in [-0.39, 0.29) is 0 Å². The molecule has 0 amide bonds. The van der Waals surface area contributed by atoms with Gasteiger partial charge in [-0.1, -0.05) is 18.2 Å². The van der Waals surface area contributed by atoms with Crippen LogP contribution in [-0.4, -0.2) is 29.5 Å². The molecule has 0 aliphatic heterocycles. The second kappa shape index (κ2) is 4.75. The molecule has 3 nitrogen and oxygen atoms in total. The number of hydrogen-bond acceptors (Lipinski definition) is 2. The Kier molecular flexibility index (Phi) is 3.10. The highest BCUT2D eigenvalue weighted by Gasteiger charge is 2.32. The summed E-state index contributed by atoms with van der Waals surface area (Å²) in [6.45, 7) is 1.74. The standard InChI is InChI=1S/C15H21N3/c1-18(15(8-16)11-6-7-11)10-12-9-17-14-5-3-2-4-13(12)14/h2-5,9,11,15,17H,6-8,10,16H2,1H3. The second-order valence-electron chi connectivity index (χ2n) is 5.42. The van der Waals surface area contributed by atoms with E-state index in [1.54, 1.807) is 0 Å². The molecule has 1 aromatic carbocycles. The minimum Gasteiger partial charge on any atom is -0.361 e. The molecule has 96 valence electrons. The van der Waals surface area contributed by atoms with Crippen molar-refractivity contribution in [3.8, 4) is 0 Å². The zero-order valence-electron chi connectivity index (χ0n) is 10.9. The molecule has 0 radical (unpaired) electrons. The van der Waals surface area contributed by atoms with E-state index in [9.17, 15) is 0 Å². The molecule has 1 aromatic heterocycles. The van der Waals surface area contributed by atoms with Crippen molar-refractivity contribution in [3.05, 3.63) is 36.0 Å². The molecule has 0 spiro atoms. The molecule has 3 heteroatoms. The first kappa shape index (κ1) is 11.8. The van der Waals surface area contributed by atoms with E-state index < -0.39 is 0 Å². The Hall–Kier alpha value is -1.32. The van der Waals surface area contributed by atoms with Gasteiger partial charge in [-0.25, -0.2) is 0 Å². The van der Waals surface area contributed by atoms with Gasteiger partial charge in [-0.3, -0.25) is 4.90 Å². The van der Waals surface area contributed by atoms with E-state index >= 15 is 0 Å². The average Bonchev–Trinajstić information content (AvgIpc) is 3.13. The third-order valence-corrected chi connectivity index (χ3v) is 4.07. The van der Waals surface area contributed by atoms with E-state index in [0.29, 0.717) is 6.04 Å².